The Morgan fingerprint density at radius 1 is 0.829 bits per heavy atom. The first-order valence-corrected chi connectivity index (χ1v) is 14.1. The fourth-order valence-corrected chi connectivity index (χ4v) is 9.50. The van der Waals surface area contributed by atoms with E-state index in [9.17, 15) is 5.11 Å². The van der Waals surface area contributed by atoms with Gasteiger partial charge in [0.25, 0.3) is 8.32 Å². The minimum Gasteiger partial charge on any atom is -0.497 e. The predicted molar refractivity (Wildman–Crippen MR) is 144 cm³/mol. The van der Waals surface area contributed by atoms with Crippen molar-refractivity contribution in [2.45, 2.75) is 51.0 Å². The van der Waals surface area contributed by atoms with Gasteiger partial charge in [0.15, 0.2) is 0 Å². The van der Waals surface area contributed by atoms with Gasteiger partial charge in [0, 0.05) is 0 Å². The van der Waals surface area contributed by atoms with E-state index in [1.807, 2.05) is 30.3 Å². The molecule has 0 amide bonds. The summed E-state index contributed by atoms with van der Waals surface area (Å²) in [6.07, 6.45) is 1.71. The number of aliphatic hydroxyl groups is 1. The van der Waals surface area contributed by atoms with E-state index in [0.29, 0.717) is 19.6 Å². The smallest absolute Gasteiger partial charge is 0.261 e. The molecule has 0 bridgehead atoms. The first-order chi connectivity index (χ1) is 16.8. The Labute approximate surface area is 210 Å². The molecule has 35 heavy (non-hydrogen) atoms. The number of hydrogen-bond acceptors (Lipinski definition) is 4. The normalized spacial score (nSPS) is 18.4. The first kappa shape index (κ1) is 25.4. The van der Waals surface area contributed by atoms with Crippen molar-refractivity contribution >= 4 is 18.7 Å². The van der Waals surface area contributed by atoms with Gasteiger partial charge in [0.1, 0.15) is 11.9 Å². The van der Waals surface area contributed by atoms with E-state index < -0.39 is 14.4 Å². The van der Waals surface area contributed by atoms with Crippen molar-refractivity contribution in [1.29, 1.82) is 0 Å². The molecule has 184 valence electrons. The minimum atomic E-state index is -2.62. The van der Waals surface area contributed by atoms with Gasteiger partial charge in [0.2, 0.25) is 0 Å². The van der Waals surface area contributed by atoms with Gasteiger partial charge in [-0.2, -0.15) is 0 Å². The average Bonchev–Trinajstić information content (AvgIpc) is 3.23. The summed E-state index contributed by atoms with van der Waals surface area (Å²) >= 11 is 0. The molecule has 3 aromatic rings. The summed E-state index contributed by atoms with van der Waals surface area (Å²) < 4.78 is 18.3. The van der Waals surface area contributed by atoms with Crippen LogP contribution in [0.2, 0.25) is 5.04 Å². The molecule has 0 saturated heterocycles. The number of methoxy groups -OCH3 is 1. The van der Waals surface area contributed by atoms with Gasteiger partial charge in [0.05, 0.1) is 26.4 Å². The lowest BCUT2D eigenvalue weighted by molar-refractivity contribution is -0.00948. The van der Waals surface area contributed by atoms with Crippen molar-refractivity contribution in [1.82, 2.24) is 0 Å². The van der Waals surface area contributed by atoms with Gasteiger partial charge < -0.3 is 19.0 Å². The van der Waals surface area contributed by atoms with Gasteiger partial charge in [-0.3, -0.25) is 0 Å². The van der Waals surface area contributed by atoms with Crippen molar-refractivity contribution in [3.8, 4) is 5.75 Å². The SMILES string of the molecule is COc1ccc(CO[C@H]2C=C(CO[Si](c3ccccc3)(c3ccccc3)C(C)(C)C)C[C@@H]2O)cc1. The van der Waals surface area contributed by atoms with Gasteiger partial charge in [-0.15, -0.1) is 0 Å². The molecule has 0 heterocycles. The lowest BCUT2D eigenvalue weighted by atomic mass is 10.2. The van der Waals surface area contributed by atoms with Gasteiger partial charge in [-0.25, -0.2) is 0 Å². The van der Waals surface area contributed by atoms with Gasteiger partial charge in [-0.1, -0.05) is 99.6 Å². The van der Waals surface area contributed by atoms with Crippen LogP contribution in [-0.4, -0.2) is 39.3 Å². The maximum Gasteiger partial charge on any atom is 0.261 e. The van der Waals surface area contributed by atoms with Crippen LogP contribution in [-0.2, 0) is 15.8 Å². The van der Waals surface area contributed by atoms with Crippen LogP contribution in [0.15, 0.2) is 96.6 Å². The zero-order chi connectivity index (χ0) is 24.9. The van der Waals surface area contributed by atoms with Crippen LogP contribution in [0.25, 0.3) is 0 Å². The number of rotatable bonds is 9. The Bertz CT molecular complexity index is 1070. The molecule has 4 nitrogen and oxygen atoms in total. The molecular weight excluding hydrogens is 452 g/mol. The lowest BCUT2D eigenvalue weighted by Gasteiger charge is -2.43. The van der Waals surface area contributed by atoms with Crippen LogP contribution in [0.5, 0.6) is 5.75 Å². The first-order valence-electron chi connectivity index (χ1n) is 12.2. The van der Waals surface area contributed by atoms with Crippen LogP contribution in [0, 0.1) is 0 Å². The van der Waals surface area contributed by atoms with E-state index in [0.717, 1.165) is 16.9 Å². The van der Waals surface area contributed by atoms with Crippen molar-refractivity contribution < 1.29 is 19.0 Å². The monoisotopic (exact) mass is 488 g/mol. The highest BCUT2D eigenvalue weighted by Crippen LogP contribution is 2.37. The molecule has 5 heteroatoms. The molecule has 0 aliphatic heterocycles. The number of aliphatic hydroxyl groups excluding tert-OH is 1. The number of benzene rings is 3. The second-order valence-electron chi connectivity index (χ2n) is 10.2. The number of hydrogen-bond donors (Lipinski definition) is 1. The molecule has 4 rings (SSSR count). The molecule has 0 unspecified atom stereocenters. The molecule has 1 aliphatic carbocycles. The molecule has 0 fully saturated rings. The van der Waals surface area contributed by atoms with E-state index >= 15 is 0 Å². The fraction of sp³-hybridized carbons (Fsp3) is 0.333. The molecule has 2 atom stereocenters. The van der Waals surface area contributed by atoms with E-state index in [2.05, 4.69) is 81.4 Å². The van der Waals surface area contributed by atoms with E-state index in [1.165, 1.54) is 10.4 Å². The second-order valence-corrected chi connectivity index (χ2v) is 14.5. The molecular formula is C30H36O4Si. The highest BCUT2D eigenvalue weighted by atomic mass is 28.4. The molecule has 0 saturated carbocycles. The van der Waals surface area contributed by atoms with Crippen LogP contribution in [0.4, 0.5) is 0 Å². The van der Waals surface area contributed by atoms with Gasteiger partial charge in [-0.05, 0) is 45.1 Å². The fourth-order valence-electron chi connectivity index (χ4n) is 4.94. The summed E-state index contributed by atoms with van der Waals surface area (Å²) in [5, 5.41) is 13.1. The third-order valence-corrected chi connectivity index (χ3v) is 11.7. The zero-order valence-corrected chi connectivity index (χ0v) is 22.1. The summed E-state index contributed by atoms with van der Waals surface area (Å²) in [5.74, 6) is 0.817. The second kappa shape index (κ2) is 10.9. The van der Waals surface area contributed by atoms with Crippen LogP contribution >= 0.6 is 0 Å². The lowest BCUT2D eigenvalue weighted by Crippen LogP contribution is -2.66. The van der Waals surface area contributed by atoms with Crippen molar-refractivity contribution in [3.63, 3.8) is 0 Å². The highest BCUT2D eigenvalue weighted by Gasteiger charge is 2.50. The van der Waals surface area contributed by atoms with Crippen LogP contribution in [0.1, 0.15) is 32.8 Å². The molecule has 0 radical (unpaired) electrons. The standard InChI is InChI=1S/C30H36O4Si/c1-30(2,3)35(26-11-7-5-8-12-26,27-13-9-6-10-14-27)34-22-24-19-28(31)29(20-24)33-21-23-15-17-25(32-4)18-16-23/h5-18,20,28-29,31H,19,21-22H2,1-4H3/t28-,29-/m0/s1. The van der Waals surface area contributed by atoms with Crippen molar-refractivity contribution in [2.75, 3.05) is 13.7 Å². The summed E-state index contributed by atoms with van der Waals surface area (Å²) in [4.78, 5) is 0. The van der Waals surface area contributed by atoms with Gasteiger partial charge >= 0.3 is 0 Å². The summed E-state index contributed by atoms with van der Waals surface area (Å²) in [5.41, 5.74) is 2.13. The molecule has 0 spiro atoms. The summed E-state index contributed by atoms with van der Waals surface area (Å²) in [6, 6.07) is 29.1. The largest absolute Gasteiger partial charge is 0.497 e. The quantitative estimate of drug-likeness (QED) is 0.346. The molecule has 1 N–H and O–H groups in total. The minimum absolute atomic E-state index is 0.0856. The Kier molecular flexibility index (Phi) is 7.92. The average molecular weight is 489 g/mol. The maximum atomic E-state index is 10.7. The van der Waals surface area contributed by atoms with Crippen LogP contribution < -0.4 is 15.1 Å². The van der Waals surface area contributed by atoms with E-state index in [4.69, 9.17) is 13.9 Å². The molecule has 1 aliphatic rings. The number of ether oxygens (including phenoxy) is 2. The Balaban J connectivity index is 1.53. The highest BCUT2D eigenvalue weighted by molar-refractivity contribution is 6.99. The molecule has 0 aromatic heterocycles. The Hall–Kier alpha value is -2.70. The van der Waals surface area contributed by atoms with Crippen molar-refractivity contribution in [2.24, 2.45) is 0 Å². The Morgan fingerprint density at radius 2 is 1.40 bits per heavy atom. The van der Waals surface area contributed by atoms with E-state index in [1.54, 1.807) is 7.11 Å². The van der Waals surface area contributed by atoms with Crippen molar-refractivity contribution in [3.05, 3.63) is 102 Å². The van der Waals surface area contributed by atoms with E-state index in [-0.39, 0.29) is 11.1 Å². The maximum absolute atomic E-state index is 10.7. The Morgan fingerprint density at radius 3 is 1.91 bits per heavy atom. The topological polar surface area (TPSA) is 47.9 Å². The third kappa shape index (κ3) is 5.59. The zero-order valence-electron chi connectivity index (χ0n) is 21.1. The summed E-state index contributed by atoms with van der Waals surface area (Å²) in [7, 11) is -0.962. The van der Waals surface area contributed by atoms with Crippen LogP contribution in [0.3, 0.4) is 0 Å². The predicted octanol–water partition coefficient (Wildman–Crippen LogP) is 4.85. The summed E-state index contributed by atoms with van der Waals surface area (Å²) in [6.45, 7) is 7.74. The molecule has 3 aromatic carbocycles. The third-order valence-electron chi connectivity index (χ3n) is 6.74.